The van der Waals surface area contributed by atoms with Gasteiger partial charge in [0.05, 0.1) is 0 Å². The fourth-order valence-corrected chi connectivity index (χ4v) is 15.5. The Morgan fingerprint density at radius 3 is 1.31 bits per heavy atom. The van der Waals surface area contributed by atoms with E-state index in [1.165, 1.54) is 0 Å². The zero-order valence-corrected chi connectivity index (χ0v) is 22.6. The summed E-state index contributed by atoms with van der Waals surface area (Å²) in [6.45, 7) is 15.9. The van der Waals surface area contributed by atoms with E-state index in [2.05, 4.69) is 40.8 Å². The largest absolute Gasteiger partial charge is 0.395 e. The van der Waals surface area contributed by atoms with Gasteiger partial charge in [-0.3, -0.25) is 0 Å². The predicted octanol–water partition coefficient (Wildman–Crippen LogP) is 6.73. The van der Waals surface area contributed by atoms with Crippen LogP contribution in [-0.4, -0.2) is 55.1 Å². The maximum absolute atomic E-state index is 6.02. The van der Waals surface area contributed by atoms with Crippen LogP contribution in [0.2, 0.25) is 25.2 Å². The number of hydrogen-bond donors (Lipinski definition) is 0. The van der Waals surface area contributed by atoms with Crippen molar-refractivity contribution in [3.63, 3.8) is 0 Å². The van der Waals surface area contributed by atoms with Gasteiger partial charge in [0.2, 0.25) is 0 Å². The highest BCUT2D eigenvalue weighted by molar-refractivity contribution is 9.26. The van der Waals surface area contributed by atoms with Crippen molar-refractivity contribution in [1.29, 1.82) is 0 Å². The van der Waals surface area contributed by atoms with Crippen LogP contribution in [0.5, 0.6) is 0 Å². The van der Waals surface area contributed by atoms with Crippen LogP contribution in [0.1, 0.15) is 40.5 Å². The summed E-state index contributed by atoms with van der Waals surface area (Å²) >= 11 is 0. The summed E-state index contributed by atoms with van der Waals surface area (Å²) in [6, 6.07) is 2.09. The normalized spacial score (nSPS) is 16.4. The number of hydrogen-bond acceptors (Lipinski definition) is 8. The zero-order chi connectivity index (χ0) is 19.7. The molecule has 0 aliphatic heterocycles. The average molecular weight is 479 g/mol. The van der Waals surface area contributed by atoms with E-state index in [9.17, 15) is 0 Å². The highest BCUT2D eigenvalue weighted by Gasteiger charge is 2.31. The van der Waals surface area contributed by atoms with Crippen LogP contribution in [0.25, 0.3) is 0 Å². The van der Waals surface area contributed by atoms with Gasteiger partial charge in [-0.2, -0.15) is 0 Å². The predicted molar refractivity (Wildman–Crippen MR) is 129 cm³/mol. The van der Waals surface area contributed by atoms with Crippen molar-refractivity contribution in [2.45, 2.75) is 65.7 Å². The van der Waals surface area contributed by atoms with Gasteiger partial charge in [-0.1, -0.05) is 35.4 Å². The van der Waals surface area contributed by atoms with Crippen LogP contribution in [0.3, 0.4) is 0 Å². The third kappa shape index (κ3) is 14.6. The van der Waals surface area contributed by atoms with Gasteiger partial charge in [-0.05, 0) is 59.4 Å². The Labute approximate surface area is 179 Å². The van der Waals surface area contributed by atoms with Crippen molar-refractivity contribution in [3.05, 3.63) is 0 Å². The van der Waals surface area contributed by atoms with Crippen molar-refractivity contribution < 1.29 is 17.7 Å². The van der Waals surface area contributed by atoms with Gasteiger partial charge in [0.1, 0.15) is 0 Å². The van der Waals surface area contributed by atoms with Gasteiger partial charge in [-0.25, -0.2) is 0 Å². The molecule has 26 heavy (non-hydrogen) atoms. The molecule has 0 amide bonds. The maximum Gasteiger partial charge on any atom is 0.335 e. The summed E-state index contributed by atoms with van der Waals surface area (Å²) < 4.78 is 23.9. The van der Waals surface area contributed by atoms with Crippen molar-refractivity contribution in [2.24, 2.45) is 0 Å². The second-order valence-corrected chi connectivity index (χ2v) is 19.0. The summed E-state index contributed by atoms with van der Waals surface area (Å²) in [5, 5.41) is 0. The molecule has 0 rings (SSSR count). The van der Waals surface area contributed by atoms with Crippen LogP contribution >= 0.6 is 41.2 Å². The molecule has 0 N–H and O–H groups in total. The first-order chi connectivity index (χ1) is 12.4. The van der Waals surface area contributed by atoms with E-state index in [4.69, 9.17) is 17.7 Å². The Morgan fingerprint density at radius 2 is 1.00 bits per heavy atom. The summed E-state index contributed by atoms with van der Waals surface area (Å²) in [5.74, 6) is 2.16. The first-order valence-corrected chi connectivity index (χ1v) is 19.8. The molecule has 0 heterocycles. The molecule has 2 atom stereocenters. The fraction of sp³-hybridized carbons (Fsp3) is 1.00. The van der Waals surface area contributed by atoms with E-state index in [0.29, 0.717) is 0 Å². The molecule has 0 saturated heterocycles. The molecule has 0 bridgehead atoms. The van der Waals surface area contributed by atoms with E-state index >= 15 is 0 Å². The molecule has 0 aliphatic carbocycles. The summed E-state index contributed by atoms with van der Waals surface area (Å²) in [7, 11) is 3.58. The average Bonchev–Trinajstić information content (AvgIpc) is 2.61. The molecule has 10 heteroatoms. The lowest BCUT2D eigenvalue weighted by Gasteiger charge is -2.26. The first kappa shape index (κ1) is 27.7. The molecule has 0 saturated carbocycles. The SMILES string of the molecule is CCCO[Si](C)(CCSSSSCC[Si](C)(OCC)OCCC)OCC. The minimum Gasteiger partial charge on any atom is -0.395 e. The maximum atomic E-state index is 6.02. The van der Waals surface area contributed by atoms with Gasteiger partial charge in [0.15, 0.2) is 0 Å². The van der Waals surface area contributed by atoms with Crippen LogP contribution < -0.4 is 0 Å². The van der Waals surface area contributed by atoms with Crippen molar-refractivity contribution in [3.8, 4) is 0 Å². The Morgan fingerprint density at radius 1 is 0.615 bits per heavy atom. The highest BCUT2D eigenvalue weighted by Crippen LogP contribution is 2.44. The van der Waals surface area contributed by atoms with Gasteiger partial charge < -0.3 is 17.7 Å². The van der Waals surface area contributed by atoms with E-state index in [0.717, 1.165) is 62.9 Å². The molecular formula is C16H38O4S4Si2. The third-order valence-corrected chi connectivity index (χ3v) is 16.5. The van der Waals surface area contributed by atoms with Crippen molar-refractivity contribution >= 4 is 58.4 Å². The second-order valence-electron chi connectivity index (χ2n) is 6.11. The van der Waals surface area contributed by atoms with E-state index in [1.54, 1.807) is 0 Å². The zero-order valence-electron chi connectivity index (χ0n) is 17.3. The van der Waals surface area contributed by atoms with Crippen LogP contribution in [0.15, 0.2) is 0 Å². The number of rotatable bonds is 19. The highest BCUT2D eigenvalue weighted by atomic mass is 33.7. The second kappa shape index (κ2) is 17.5. The van der Waals surface area contributed by atoms with Crippen LogP contribution in [0, 0.1) is 0 Å². The lowest BCUT2D eigenvalue weighted by Crippen LogP contribution is -2.39. The molecule has 0 aliphatic rings. The van der Waals surface area contributed by atoms with E-state index in [1.807, 2.05) is 41.2 Å². The Hall–Kier alpha value is 1.67. The minimum absolute atomic E-state index is 0.747. The molecule has 0 aromatic heterocycles. The van der Waals surface area contributed by atoms with Crippen molar-refractivity contribution in [2.75, 3.05) is 37.9 Å². The Bertz CT molecular complexity index is 305. The lowest BCUT2D eigenvalue weighted by molar-refractivity contribution is 0.181. The lowest BCUT2D eigenvalue weighted by atomic mass is 10.5. The summed E-state index contributed by atoms with van der Waals surface area (Å²) in [5.41, 5.74) is 0. The summed E-state index contributed by atoms with van der Waals surface area (Å²) in [4.78, 5) is 0. The standard InChI is InChI=1S/C16H38O4S4Si2/c1-7-11-19-25(5,17-9-3)15-13-21-23-24-22-14-16-26(6,18-10-4)20-12-8-2/h7-16H2,1-6H3. The van der Waals surface area contributed by atoms with Crippen molar-refractivity contribution in [1.82, 2.24) is 0 Å². The Kier molecular flexibility index (Phi) is 18.7. The minimum atomic E-state index is -1.97. The molecule has 0 fully saturated rings. The van der Waals surface area contributed by atoms with Gasteiger partial charge in [0, 0.05) is 50.0 Å². The topological polar surface area (TPSA) is 36.9 Å². The van der Waals surface area contributed by atoms with Gasteiger partial charge in [-0.15, -0.1) is 0 Å². The molecule has 158 valence electrons. The molecule has 0 spiro atoms. The molecule has 2 unspecified atom stereocenters. The van der Waals surface area contributed by atoms with Crippen LogP contribution in [0.4, 0.5) is 0 Å². The van der Waals surface area contributed by atoms with Gasteiger partial charge in [0.25, 0.3) is 0 Å². The first-order valence-electron chi connectivity index (χ1n) is 9.58. The summed E-state index contributed by atoms with van der Waals surface area (Å²) in [6.07, 6.45) is 2.10. The van der Waals surface area contributed by atoms with E-state index < -0.39 is 17.1 Å². The third-order valence-electron chi connectivity index (χ3n) is 3.53. The van der Waals surface area contributed by atoms with Crippen LogP contribution in [-0.2, 0) is 17.7 Å². The smallest absolute Gasteiger partial charge is 0.335 e. The molecule has 4 nitrogen and oxygen atoms in total. The molecule has 0 radical (unpaired) electrons. The van der Waals surface area contributed by atoms with Gasteiger partial charge >= 0.3 is 17.1 Å². The quantitative estimate of drug-likeness (QED) is 0.115. The molecular weight excluding hydrogens is 441 g/mol. The van der Waals surface area contributed by atoms with E-state index in [-0.39, 0.29) is 0 Å². The monoisotopic (exact) mass is 478 g/mol. The molecule has 0 aromatic carbocycles. The Balaban J connectivity index is 3.84. The fourth-order valence-electron chi connectivity index (χ4n) is 2.18. The molecule has 0 aromatic rings.